The van der Waals surface area contributed by atoms with Gasteiger partial charge in [-0.05, 0) is 26.3 Å². The summed E-state index contributed by atoms with van der Waals surface area (Å²) in [6.45, 7) is 1.46. The summed E-state index contributed by atoms with van der Waals surface area (Å²) in [5, 5.41) is 6.96. The van der Waals surface area contributed by atoms with E-state index in [4.69, 9.17) is 4.52 Å². The summed E-state index contributed by atoms with van der Waals surface area (Å²) >= 11 is 0. The van der Waals surface area contributed by atoms with Crippen molar-refractivity contribution in [3.8, 4) is 0 Å². The molecule has 1 N–H and O–H groups in total. The number of carbonyl (C=O) groups is 1. The van der Waals surface area contributed by atoms with Gasteiger partial charge in [0.05, 0.1) is 0 Å². The van der Waals surface area contributed by atoms with Crippen molar-refractivity contribution in [2.24, 2.45) is 0 Å². The SMILES string of the molecule is CNCCN(C)C(=O)c1noc2c1CCCC2. The maximum Gasteiger partial charge on any atom is 0.276 e. The van der Waals surface area contributed by atoms with Gasteiger partial charge in [0.15, 0.2) is 5.69 Å². The number of likely N-dealkylation sites (N-methyl/N-ethyl adjacent to an activating group) is 2. The maximum atomic E-state index is 12.2. The molecule has 0 spiro atoms. The molecule has 0 fully saturated rings. The lowest BCUT2D eigenvalue weighted by Crippen LogP contribution is -2.33. The van der Waals surface area contributed by atoms with Gasteiger partial charge in [-0.25, -0.2) is 0 Å². The van der Waals surface area contributed by atoms with Crippen molar-refractivity contribution in [3.63, 3.8) is 0 Å². The Morgan fingerprint density at radius 1 is 1.47 bits per heavy atom. The molecule has 17 heavy (non-hydrogen) atoms. The van der Waals surface area contributed by atoms with Gasteiger partial charge in [0.2, 0.25) is 0 Å². The number of hydrogen-bond donors (Lipinski definition) is 1. The molecule has 0 radical (unpaired) electrons. The highest BCUT2D eigenvalue weighted by Crippen LogP contribution is 2.24. The molecule has 5 nitrogen and oxygen atoms in total. The molecular weight excluding hydrogens is 218 g/mol. The lowest BCUT2D eigenvalue weighted by Gasteiger charge is -2.16. The van der Waals surface area contributed by atoms with Gasteiger partial charge in [-0.2, -0.15) is 0 Å². The molecule has 1 aromatic heterocycles. The van der Waals surface area contributed by atoms with E-state index < -0.39 is 0 Å². The number of aryl methyl sites for hydroxylation is 1. The molecular formula is C12H19N3O2. The Kier molecular flexibility index (Phi) is 3.78. The Morgan fingerprint density at radius 3 is 3.00 bits per heavy atom. The molecule has 1 aliphatic rings. The van der Waals surface area contributed by atoms with Crippen LogP contribution in [-0.2, 0) is 12.8 Å². The van der Waals surface area contributed by atoms with E-state index in [0.29, 0.717) is 12.2 Å². The number of aromatic nitrogens is 1. The molecule has 0 atom stereocenters. The molecule has 0 aromatic carbocycles. The summed E-state index contributed by atoms with van der Waals surface area (Å²) in [5.41, 5.74) is 1.54. The van der Waals surface area contributed by atoms with Crippen molar-refractivity contribution < 1.29 is 9.32 Å². The van der Waals surface area contributed by atoms with Gasteiger partial charge in [0, 0.05) is 32.1 Å². The zero-order chi connectivity index (χ0) is 12.3. The Morgan fingerprint density at radius 2 is 2.24 bits per heavy atom. The number of amides is 1. The average Bonchev–Trinajstić information content (AvgIpc) is 2.78. The molecule has 0 unspecified atom stereocenters. The fourth-order valence-electron chi connectivity index (χ4n) is 2.11. The largest absolute Gasteiger partial charge is 0.360 e. The van der Waals surface area contributed by atoms with Crippen molar-refractivity contribution in [1.82, 2.24) is 15.4 Å². The van der Waals surface area contributed by atoms with Crippen LogP contribution in [0, 0.1) is 0 Å². The van der Waals surface area contributed by atoms with Crippen LogP contribution >= 0.6 is 0 Å². The third-order valence-corrected chi connectivity index (χ3v) is 3.20. The monoisotopic (exact) mass is 237 g/mol. The molecule has 94 valence electrons. The van der Waals surface area contributed by atoms with Crippen LogP contribution < -0.4 is 5.32 Å². The number of rotatable bonds is 4. The smallest absolute Gasteiger partial charge is 0.276 e. The summed E-state index contributed by atoms with van der Waals surface area (Å²) in [7, 11) is 3.67. The lowest BCUT2D eigenvalue weighted by atomic mass is 9.96. The van der Waals surface area contributed by atoms with E-state index >= 15 is 0 Å². The molecule has 1 heterocycles. The Labute approximate surface area is 101 Å². The number of carbonyl (C=O) groups excluding carboxylic acids is 1. The first kappa shape index (κ1) is 12.1. The molecule has 0 aliphatic heterocycles. The van der Waals surface area contributed by atoms with Crippen LogP contribution in [-0.4, -0.2) is 43.1 Å². The summed E-state index contributed by atoms with van der Waals surface area (Å²) in [6, 6.07) is 0. The Bertz CT molecular complexity index is 400. The Hall–Kier alpha value is -1.36. The third-order valence-electron chi connectivity index (χ3n) is 3.20. The summed E-state index contributed by atoms with van der Waals surface area (Å²) in [5.74, 6) is 0.869. The van der Waals surface area contributed by atoms with Gasteiger partial charge in [-0.3, -0.25) is 4.79 Å². The number of nitrogens with zero attached hydrogens (tertiary/aromatic N) is 2. The normalized spacial score (nSPS) is 14.5. The van der Waals surface area contributed by atoms with Crippen LogP contribution in [0.3, 0.4) is 0 Å². The standard InChI is InChI=1S/C12H19N3O2/c1-13-7-8-15(2)12(16)11-9-5-3-4-6-10(9)17-14-11/h13H,3-8H2,1-2H3. The summed E-state index contributed by atoms with van der Waals surface area (Å²) in [4.78, 5) is 13.8. The average molecular weight is 237 g/mol. The van der Waals surface area contributed by atoms with Gasteiger partial charge < -0.3 is 14.7 Å². The summed E-state index contributed by atoms with van der Waals surface area (Å²) in [6.07, 6.45) is 4.08. The quantitative estimate of drug-likeness (QED) is 0.843. The predicted octanol–water partition coefficient (Wildman–Crippen LogP) is 0.845. The first-order valence-electron chi connectivity index (χ1n) is 6.11. The third kappa shape index (κ3) is 2.49. The van der Waals surface area contributed by atoms with Crippen molar-refractivity contribution in [3.05, 3.63) is 17.0 Å². The first-order chi connectivity index (χ1) is 8.24. The van der Waals surface area contributed by atoms with Crippen molar-refractivity contribution in [2.75, 3.05) is 27.2 Å². The molecule has 5 heteroatoms. The van der Waals surface area contributed by atoms with E-state index in [1.807, 2.05) is 7.05 Å². The van der Waals surface area contributed by atoms with E-state index in [-0.39, 0.29) is 5.91 Å². The van der Waals surface area contributed by atoms with E-state index in [9.17, 15) is 4.79 Å². The van der Waals surface area contributed by atoms with E-state index in [2.05, 4.69) is 10.5 Å². The second-order valence-electron chi connectivity index (χ2n) is 4.47. The fourth-order valence-corrected chi connectivity index (χ4v) is 2.11. The molecule has 0 saturated heterocycles. The molecule has 0 saturated carbocycles. The topological polar surface area (TPSA) is 58.4 Å². The van der Waals surface area contributed by atoms with Gasteiger partial charge in [-0.1, -0.05) is 5.16 Å². The second-order valence-corrected chi connectivity index (χ2v) is 4.47. The van der Waals surface area contributed by atoms with Gasteiger partial charge in [-0.15, -0.1) is 0 Å². The highest BCUT2D eigenvalue weighted by molar-refractivity contribution is 5.93. The van der Waals surface area contributed by atoms with E-state index in [1.54, 1.807) is 11.9 Å². The predicted molar refractivity (Wildman–Crippen MR) is 64.0 cm³/mol. The second kappa shape index (κ2) is 5.31. The minimum atomic E-state index is -0.0350. The molecule has 1 aliphatic carbocycles. The van der Waals surface area contributed by atoms with Crippen molar-refractivity contribution in [1.29, 1.82) is 0 Å². The number of fused-ring (bicyclic) bond motifs is 1. The molecule has 0 bridgehead atoms. The summed E-state index contributed by atoms with van der Waals surface area (Å²) < 4.78 is 5.25. The van der Waals surface area contributed by atoms with Crippen LogP contribution in [0.5, 0.6) is 0 Å². The molecule has 1 amide bonds. The van der Waals surface area contributed by atoms with Crippen LogP contribution in [0.1, 0.15) is 34.7 Å². The van der Waals surface area contributed by atoms with Crippen LogP contribution in [0.15, 0.2) is 4.52 Å². The fraction of sp³-hybridized carbons (Fsp3) is 0.667. The van der Waals surface area contributed by atoms with E-state index in [1.165, 1.54) is 0 Å². The number of nitrogens with one attached hydrogen (secondary N) is 1. The maximum absolute atomic E-state index is 12.2. The molecule has 1 aromatic rings. The first-order valence-corrected chi connectivity index (χ1v) is 6.11. The minimum absolute atomic E-state index is 0.0350. The van der Waals surface area contributed by atoms with Gasteiger partial charge in [0.25, 0.3) is 5.91 Å². The Balaban J connectivity index is 2.11. The highest BCUT2D eigenvalue weighted by atomic mass is 16.5. The highest BCUT2D eigenvalue weighted by Gasteiger charge is 2.25. The van der Waals surface area contributed by atoms with Gasteiger partial charge >= 0.3 is 0 Å². The van der Waals surface area contributed by atoms with Crippen LogP contribution in [0.2, 0.25) is 0 Å². The molecule has 2 rings (SSSR count). The minimum Gasteiger partial charge on any atom is -0.360 e. The van der Waals surface area contributed by atoms with Crippen LogP contribution in [0.25, 0.3) is 0 Å². The zero-order valence-electron chi connectivity index (χ0n) is 10.5. The van der Waals surface area contributed by atoms with E-state index in [0.717, 1.165) is 43.6 Å². The number of hydrogen-bond acceptors (Lipinski definition) is 4. The van der Waals surface area contributed by atoms with Crippen molar-refractivity contribution in [2.45, 2.75) is 25.7 Å². The van der Waals surface area contributed by atoms with Crippen molar-refractivity contribution >= 4 is 5.91 Å². The zero-order valence-corrected chi connectivity index (χ0v) is 10.5. The lowest BCUT2D eigenvalue weighted by molar-refractivity contribution is 0.0785. The van der Waals surface area contributed by atoms with Crippen LogP contribution in [0.4, 0.5) is 0 Å². The van der Waals surface area contributed by atoms with Gasteiger partial charge in [0.1, 0.15) is 5.76 Å².